The van der Waals surface area contributed by atoms with Gasteiger partial charge in [-0.1, -0.05) is 41.9 Å². The zero-order valence-electron chi connectivity index (χ0n) is 35.8. The molecule has 71 heavy (non-hydrogen) atoms. The van der Waals surface area contributed by atoms with Crippen molar-refractivity contribution in [1.29, 1.82) is 0 Å². The van der Waals surface area contributed by atoms with E-state index in [1.165, 1.54) is 108 Å². The van der Waals surface area contributed by atoms with Crippen molar-refractivity contribution in [3.63, 3.8) is 0 Å². The van der Waals surface area contributed by atoms with Crippen LogP contribution in [0.4, 0.5) is 0 Å². The van der Waals surface area contributed by atoms with E-state index in [-0.39, 0.29) is 0 Å². The van der Waals surface area contributed by atoms with Crippen LogP contribution in [0.25, 0.3) is 291 Å². The highest BCUT2D eigenvalue weighted by molar-refractivity contribution is 6.82. The molecular formula is C68H8ClNO. The molecule has 0 saturated carbocycles. The van der Waals surface area contributed by atoms with Crippen molar-refractivity contribution < 1.29 is 5.11 Å². The molecule has 298 valence electrons. The second kappa shape index (κ2) is 5.98. The van der Waals surface area contributed by atoms with Crippen molar-refractivity contribution >= 4 is 302 Å². The number of hydrogen-bond donors (Lipinski definition) is 2. The Hall–Kier alpha value is -8.11. The molecule has 0 aromatic heterocycles. The molecule has 1 aliphatic heterocycles. The molecule has 0 radical (unpaired) electrons. The van der Waals surface area contributed by atoms with Gasteiger partial charge < -0.3 is 5.11 Å². The molecule has 3 heteroatoms. The van der Waals surface area contributed by atoms with Gasteiger partial charge in [-0.3, -0.25) is 5.32 Å². The van der Waals surface area contributed by atoms with Gasteiger partial charge in [-0.2, -0.15) is 0 Å². The van der Waals surface area contributed by atoms with Gasteiger partial charge in [-0.15, -0.1) is 0 Å². The van der Waals surface area contributed by atoms with Crippen LogP contribution in [-0.2, 0) is 16.0 Å². The molecule has 1 fully saturated rings. The zero-order chi connectivity index (χ0) is 42.4. The van der Waals surface area contributed by atoms with Crippen molar-refractivity contribution in [2.45, 2.75) is 22.1 Å². The molecule has 1 saturated heterocycles. The van der Waals surface area contributed by atoms with E-state index in [1.807, 2.05) is 0 Å². The van der Waals surface area contributed by atoms with Crippen molar-refractivity contribution in [1.82, 2.24) is 5.32 Å². The molecule has 4 aliphatic carbocycles. The molecule has 0 bridgehead atoms. The zero-order valence-corrected chi connectivity index (χ0v) is 36.5. The smallest absolute Gasteiger partial charge is 0.147 e. The predicted molar refractivity (Wildman–Crippen MR) is 297 cm³/mol. The fraction of sp³-hybridized carbons (Fsp3) is 0.0588. The monoisotopic (exact) mass is 889 g/mol. The third-order valence-electron chi connectivity index (χ3n) is 25.7. The van der Waals surface area contributed by atoms with Crippen molar-refractivity contribution in [3.05, 3.63) is 58.1 Å². The van der Waals surface area contributed by atoms with Crippen LogP contribution in [0.1, 0.15) is 27.8 Å². The molecule has 34 rings (SSSR count). The summed E-state index contributed by atoms with van der Waals surface area (Å²) in [5, 5.41) is 104. The second-order valence-corrected chi connectivity index (χ2v) is 26.5. The van der Waals surface area contributed by atoms with E-state index >= 15 is 0 Å². The molecule has 1 heterocycles. The molecule has 29 aromatic carbocycles. The maximum absolute atomic E-state index is 14.9. The van der Waals surface area contributed by atoms with Gasteiger partial charge in [0.25, 0.3) is 0 Å². The van der Waals surface area contributed by atoms with Crippen LogP contribution in [0.5, 0.6) is 0 Å². The highest BCUT2D eigenvalue weighted by Gasteiger charge is 2.80. The van der Waals surface area contributed by atoms with E-state index in [2.05, 4.69) is 35.6 Å². The Morgan fingerprint density at radius 3 is 0.775 bits per heavy atom. The van der Waals surface area contributed by atoms with Gasteiger partial charge in [0.1, 0.15) is 11.1 Å². The molecule has 2 N–H and O–H groups in total. The Labute approximate surface area is 390 Å². The standard InChI is InChI=1S/C68H8ClNO/c69-68(6-4-2-1-3-5-6)65(71)66-61-54-47-35-27-18-9-7-8-10-13(9)22-29(27)37-38-30(22)28-19(10)21-17-12(8)15-14-11(7)16-20(18)33(35)41-39-25(16)23(14)31-32-24(15)26(17)40-42-34(21)36(28)48-50(38)59(58(61)49(37)47)63-56(48)53(42)57-46(40)44(32)51-43(31)45(39)55(52(41)54)62(66)60(51)64(57)67(63,66)70-68/h1-5,65,70-71H. The highest BCUT2D eigenvalue weighted by Crippen LogP contribution is 2.86. The summed E-state index contributed by atoms with van der Waals surface area (Å²) in [7, 11) is 0. The van der Waals surface area contributed by atoms with Gasteiger partial charge in [-0.05, 0) is 319 Å². The minimum Gasteiger partial charge on any atom is -0.388 e. The fourth-order valence-corrected chi connectivity index (χ4v) is 26.0. The minimum absolute atomic E-state index is 0.824. The molecule has 0 amide bonds. The number of hydrogen-bond acceptors (Lipinski definition) is 2. The van der Waals surface area contributed by atoms with E-state index < -0.39 is 22.1 Å². The number of nitrogens with one attached hydrogen (secondary N) is 1. The van der Waals surface area contributed by atoms with Crippen molar-refractivity contribution in [2.24, 2.45) is 0 Å². The first-order valence-electron chi connectivity index (χ1n) is 26.2. The lowest BCUT2D eigenvalue weighted by atomic mass is 9.54. The highest BCUT2D eigenvalue weighted by atomic mass is 35.5. The Morgan fingerprint density at radius 2 is 0.465 bits per heavy atom. The SMILES string of the molecule is OC1C(Cl)(c2ccccc2)NC23c4c5c6c7c8c9c(c%10c%11c2c2c%12c4c4c%13c5c5c7c7c8c8c%14c9c%10c9c%10c%11c2c2c%11c%12c4c4c%12c%13c5c5c7c7c8c8c%14c9c9c%10c2c2c%11c4c4c%12c5c7c5c8c9c2c45)C613. The molecule has 4 atom stereocenters. The molecule has 2 nitrogen and oxygen atoms in total. The number of aliphatic hydroxyl groups is 1. The Balaban J connectivity index is 1.17. The quantitative estimate of drug-likeness (QED) is 0.0978. The molecule has 5 aliphatic rings. The Morgan fingerprint density at radius 1 is 0.268 bits per heavy atom. The van der Waals surface area contributed by atoms with Gasteiger partial charge in [-0.25, -0.2) is 0 Å². The average Bonchev–Trinajstić information content (AvgIpc) is 4.35. The number of rotatable bonds is 1. The van der Waals surface area contributed by atoms with Gasteiger partial charge >= 0.3 is 0 Å². The Bertz CT molecular complexity index is 7570. The van der Waals surface area contributed by atoms with E-state index in [9.17, 15) is 5.11 Å². The fourth-order valence-electron chi connectivity index (χ4n) is 25.6. The van der Waals surface area contributed by atoms with E-state index in [1.54, 1.807) is 205 Å². The van der Waals surface area contributed by atoms with Crippen molar-refractivity contribution in [3.8, 4) is 0 Å². The topological polar surface area (TPSA) is 32.3 Å². The van der Waals surface area contributed by atoms with Crippen LogP contribution in [0.15, 0.2) is 30.3 Å². The van der Waals surface area contributed by atoms with Crippen LogP contribution in [0.2, 0.25) is 0 Å². The summed E-state index contributed by atoms with van der Waals surface area (Å²) in [4.78, 5) is -1.28. The summed E-state index contributed by atoms with van der Waals surface area (Å²) >= 11 is 8.71. The van der Waals surface area contributed by atoms with Crippen LogP contribution in [0, 0.1) is 0 Å². The second-order valence-electron chi connectivity index (χ2n) is 25.9. The minimum atomic E-state index is -1.28. The van der Waals surface area contributed by atoms with Crippen LogP contribution in [-0.4, -0.2) is 11.2 Å². The normalized spacial score (nSPS) is 25.6. The number of halogens is 1. The summed E-state index contributed by atoms with van der Waals surface area (Å²) in [5.41, 5.74) is 5.02. The first kappa shape index (κ1) is 26.8. The number of aliphatic hydroxyl groups excluding tert-OH is 1. The predicted octanol–water partition coefficient (Wildman–Crippen LogP) is 17.3. The lowest BCUT2D eigenvalue weighted by molar-refractivity contribution is 0.0897. The molecule has 2 spiro atoms. The number of alkyl halides is 1. The van der Waals surface area contributed by atoms with Crippen LogP contribution in [0.3, 0.4) is 0 Å². The van der Waals surface area contributed by atoms with Gasteiger partial charge in [0.05, 0.1) is 11.0 Å². The van der Waals surface area contributed by atoms with Gasteiger partial charge in [0, 0.05) is 0 Å². The summed E-state index contributed by atoms with van der Waals surface area (Å²) in [5.74, 6) is 0. The third-order valence-corrected chi connectivity index (χ3v) is 26.2. The first-order chi connectivity index (χ1) is 35.2. The first-order valence-corrected chi connectivity index (χ1v) is 26.6. The molecular weight excluding hydrogens is 882 g/mol. The van der Waals surface area contributed by atoms with Crippen LogP contribution >= 0.6 is 11.6 Å². The van der Waals surface area contributed by atoms with Crippen molar-refractivity contribution in [2.75, 3.05) is 0 Å². The summed E-state index contributed by atoms with van der Waals surface area (Å²) in [6, 6.07) is 10.8. The van der Waals surface area contributed by atoms with Gasteiger partial charge in [0.2, 0.25) is 0 Å². The van der Waals surface area contributed by atoms with E-state index in [0.29, 0.717) is 0 Å². The summed E-state index contributed by atoms with van der Waals surface area (Å²) < 4.78 is 0. The van der Waals surface area contributed by atoms with E-state index in [0.717, 1.165) is 5.56 Å². The summed E-state index contributed by atoms with van der Waals surface area (Å²) in [6.07, 6.45) is -0.977. The van der Waals surface area contributed by atoms with Gasteiger partial charge in [0.15, 0.2) is 0 Å². The maximum Gasteiger partial charge on any atom is 0.147 e. The van der Waals surface area contributed by atoms with Crippen LogP contribution < -0.4 is 5.32 Å². The third kappa shape index (κ3) is 1.41. The Kier molecular flexibility index (Phi) is 2.25. The number of benzene rings is 18. The molecule has 4 unspecified atom stereocenters. The summed E-state index contributed by atoms with van der Waals surface area (Å²) in [6.45, 7) is 0. The van der Waals surface area contributed by atoms with E-state index in [4.69, 9.17) is 11.6 Å². The average molecular weight is 890 g/mol. The lowest BCUT2D eigenvalue weighted by Crippen LogP contribution is -2.55. The largest absolute Gasteiger partial charge is 0.388 e. The maximum atomic E-state index is 14.9. The molecule has 29 aromatic rings. The lowest BCUT2D eigenvalue weighted by Gasteiger charge is -2.49.